The van der Waals surface area contributed by atoms with E-state index >= 15 is 0 Å². The Morgan fingerprint density at radius 3 is 2.25 bits per heavy atom. The molecule has 0 N–H and O–H groups in total. The van der Waals surface area contributed by atoms with E-state index in [9.17, 15) is 0 Å². The van der Waals surface area contributed by atoms with Crippen molar-refractivity contribution in [2.45, 2.75) is 32.4 Å². The van der Waals surface area contributed by atoms with Crippen LogP contribution >= 0.6 is 0 Å². The summed E-state index contributed by atoms with van der Waals surface area (Å²) in [6.07, 6.45) is 1.13. The third kappa shape index (κ3) is 2.27. The summed E-state index contributed by atoms with van der Waals surface area (Å²) in [5.41, 5.74) is 6.15. The van der Waals surface area contributed by atoms with Crippen molar-refractivity contribution >= 4 is 14.0 Å². The van der Waals surface area contributed by atoms with Gasteiger partial charge in [0.2, 0.25) is 0 Å². The summed E-state index contributed by atoms with van der Waals surface area (Å²) in [5, 5.41) is 1.70. The van der Waals surface area contributed by atoms with Gasteiger partial charge in [0, 0.05) is 5.92 Å². The van der Waals surface area contributed by atoms with Crippen molar-refractivity contribution in [1.29, 1.82) is 0 Å². The molecule has 0 bridgehead atoms. The Hall–Kier alpha value is -1.60. The van der Waals surface area contributed by atoms with Crippen LogP contribution in [0.1, 0.15) is 29.5 Å². The van der Waals surface area contributed by atoms with E-state index in [0.29, 0.717) is 5.92 Å². The van der Waals surface area contributed by atoms with Gasteiger partial charge in [-0.25, -0.2) is 0 Å². The number of fused-ring (bicyclic) bond motifs is 1. The molecule has 0 saturated carbocycles. The van der Waals surface area contributed by atoms with Crippen molar-refractivity contribution in [3.8, 4) is 0 Å². The smallest absolute Gasteiger partial charge is 0.0654 e. The van der Waals surface area contributed by atoms with Gasteiger partial charge in [-0.15, -0.1) is 0 Å². The van der Waals surface area contributed by atoms with Gasteiger partial charge in [-0.3, -0.25) is 0 Å². The fourth-order valence-electron chi connectivity index (χ4n) is 3.56. The highest BCUT2D eigenvalue weighted by Gasteiger charge is 2.29. The lowest BCUT2D eigenvalue weighted by atomic mass is 9.90. The van der Waals surface area contributed by atoms with E-state index in [2.05, 4.69) is 74.6 Å². The quantitative estimate of drug-likeness (QED) is 0.706. The first kappa shape index (κ1) is 13.4. The van der Waals surface area contributed by atoms with Crippen molar-refractivity contribution in [2.75, 3.05) is 0 Å². The second kappa shape index (κ2) is 5.41. The highest BCUT2D eigenvalue weighted by atomic mass is 28.3. The first-order valence-corrected chi connectivity index (χ1v) is 10.4. The second-order valence-electron chi connectivity index (χ2n) is 6.08. The molecule has 1 atom stereocenters. The van der Waals surface area contributed by atoms with Gasteiger partial charge in [0.05, 0.1) is 8.80 Å². The highest BCUT2D eigenvalue weighted by Crippen LogP contribution is 2.44. The molecule has 20 heavy (non-hydrogen) atoms. The molecule has 0 spiro atoms. The van der Waals surface area contributed by atoms with E-state index in [4.69, 9.17) is 0 Å². The fraction of sp³-hybridized carbons (Fsp3) is 0.263. The minimum Gasteiger partial charge on any atom is -0.0682 e. The molecule has 0 nitrogen and oxygen atoms in total. The molecule has 3 rings (SSSR count). The van der Waals surface area contributed by atoms with Crippen LogP contribution in [0.3, 0.4) is 0 Å². The zero-order valence-corrected chi connectivity index (χ0v) is 13.7. The Labute approximate surface area is 123 Å². The van der Waals surface area contributed by atoms with Gasteiger partial charge in [-0.1, -0.05) is 78.5 Å². The number of rotatable bonds is 3. The minimum atomic E-state index is -0.785. The summed E-state index contributed by atoms with van der Waals surface area (Å²) < 4.78 is 0. The Bertz CT molecular complexity index is 638. The molecule has 1 heteroatoms. The molecular formula is C19H22Si. The van der Waals surface area contributed by atoms with Gasteiger partial charge in [0.15, 0.2) is 0 Å². The van der Waals surface area contributed by atoms with E-state index in [0.717, 1.165) is 6.42 Å². The van der Waals surface area contributed by atoms with E-state index in [1.54, 1.807) is 16.3 Å². The second-order valence-corrected chi connectivity index (χ2v) is 8.97. The zero-order valence-electron chi connectivity index (χ0n) is 12.6. The van der Waals surface area contributed by atoms with E-state index in [1.807, 2.05) is 0 Å². The summed E-state index contributed by atoms with van der Waals surface area (Å²) in [6, 6.07) is 19.9. The SMILES string of the molecule is CC1=C([SiH](C)C)c2ccccc2C1Cc1ccccc1. The summed E-state index contributed by atoms with van der Waals surface area (Å²) in [5.74, 6) is 0.582. The van der Waals surface area contributed by atoms with Crippen LogP contribution < -0.4 is 0 Å². The average molecular weight is 278 g/mol. The molecule has 0 aliphatic heterocycles. The predicted molar refractivity (Wildman–Crippen MR) is 90.8 cm³/mol. The standard InChI is InChI=1S/C19H22Si/c1-14-18(13-15-9-5-4-6-10-15)16-11-7-8-12-17(16)19(14)20(2)3/h4-12,18,20H,13H2,1-3H3. The fourth-order valence-corrected chi connectivity index (χ4v) is 5.56. The lowest BCUT2D eigenvalue weighted by Gasteiger charge is -2.14. The van der Waals surface area contributed by atoms with Crippen molar-refractivity contribution < 1.29 is 0 Å². The molecule has 0 aromatic heterocycles. The Morgan fingerprint density at radius 1 is 0.900 bits per heavy atom. The monoisotopic (exact) mass is 278 g/mol. The van der Waals surface area contributed by atoms with Crippen LogP contribution in [0.2, 0.25) is 13.1 Å². The molecule has 0 heterocycles. The van der Waals surface area contributed by atoms with Crippen molar-refractivity contribution in [1.82, 2.24) is 0 Å². The highest BCUT2D eigenvalue weighted by molar-refractivity contribution is 6.77. The van der Waals surface area contributed by atoms with Crippen molar-refractivity contribution in [3.63, 3.8) is 0 Å². The molecule has 1 aliphatic rings. The number of hydrogen-bond acceptors (Lipinski definition) is 0. The van der Waals surface area contributed by atoms with Crippen LogP contribution in [0.25, 0.3) is 5.20 Å². The molecule has 0 radical (unpaired) electrons. The molecule has 0 amide bonds. The molecule has 0 fully saturated rings. The normalized spacial score (nSPS) is 17.7. The van der Waals surface area contributed by atoms with Crippen molar-refractivity contribution in [2.24, 2.45) is 0 Å². The van der Waals surface area contributed by atoms with Gasteiger partial charge in [0.25, 0.3) is 0 Å². The molecule has 102 valence electrons. The number of benzene rings is 2. The average Bonchev–Trinajstić information content (AvgIpc) is 2.73. The third-order valence-corrected chi connectivity index (χ3v) is 6.35. The van der Waals surface area contributed by atoms with E-state index in [1.165, 1.54) is 11.1 Å². The molecule has 1 aliphatic carbocycles. The van der Waals surface area contributed by atoms with Gasteiger partial charge < -0.3 is 0 Å². The van der Waals surface area contributed by atoms with Crippen LogP contribution in [-0.2, 0) is 6.42 Å². The lowest BCUT2D eigenvalue weighted by Crippen LogP contribution is -2.05. The molecule has 2 aromatic carbocycles. The molecule has 1 unspecified atom stereocenters. The molecule has 2 aromatic rings. The minimum absolute atomic E-state index is 0.582. The van der Waals surface area contributed by atoms with Crippen LogP contribution in [-0.4, -0.2) is 8.80 Å². The Kier molecular flexibility index (Phi) is 3.62. The zero-order chi connectivity index (χ0) is 14.1. The molecule has 0 saturated heterocycles. The summed E-state index contributed by atoms with van der Waals surface area (Å²) in [6.45, 7) is 7.25. The topological polar surface area (TPSA) is 0 Å². The van der Waals surface area contributed by atoms with Crippen LogP contribution in [0, 0.1) is 0 Å². The maximum Gasteiger partial charge on any atom is 0.0654 e. The summed E-state index contributed by atoms with van der Waals surface area (Å²) >= 11 is 0. The van der Waals surface area contributed by atoms with Crippen LogP contribution in [0.15, 0.2) is 60.2 Å². The number of hydrogen-bond donors (Lipinski definition) is 0. The summed E-state index contributed by atoms with van der Waals surface area (Å²) in [7, 11) is -0.785. The molecular weight excluding hydrogens is 256 g/mol. The predicted octanol–water partition coefficient (Wildman–Crippen LogP) is 4.83. The van der Waals surface area contributed by atoms with Crippen LogP contribution in [0.4, 0.5) is 0 Å². The van der Waals surface area contributed by atoms with E-state index in [-0.39, 0.29) is 0 Å². The van der Waals surface area contributed by atoms with E-state index < -0.39 is 8.80 Å². The Balaban J connectivity index is 2.03. The maximum absolute atomic E-state index is 2.44. The first-order valence-electron chi connectivity index (χ1n) is 7.52. The van der Waals surface area contributed by atoms with Crippen LogP contribution in [0.5, 0.6) is 0 Å². The van der Waals surface area contributed by atoms with Gasteiger partial charge >= 0.3 is 0 Å². The maximum atomic E-state index is 2.44. The summed E-state index contributed by atoms with van der Waals surface area (Å²) in [4.78, 5) is 0. The Morgan fingerprint density at radius 2 is 1.55 bits per heavy atom. The van der Waals surface area contributed by atoms with Gasteiger partial charge in [0.1, 0.15) is 0 Å². The number of allylic oxidation sites excluding steroid dienone is 1. The van der Waals surface area contributed by atoms with Gasteiger partial charge in [-0.05, 0) is 30.0 Å². The first-order chi connectivity index (χ1) is 9.68. The van der Waals surface area contributed by atoms with Gasteiger partial charge in [-0.2, -0.15) is 0 Å². The largest absolute Gasteiger partial charge is 0.0682 e. The van der Waals surface area contributed by atoms with Crippen molar-refractivity contribution in [3.05, 3.63) is 76.9 Å². The lowest BCUT2D eigenvalue weighted by molar-refractivity contribution is 0.804. The third-order valence-electron chi connectivity index (χ3n) is 4.43.